The van der Waals surface area contributed by atoms with E-state index in [-0.39, 0.29) is 0 Å². The van der Waals surface area contributed by atoms with E-state index < -0.39 is 0 Å². The van der Waals surface area contributed by atoms with E-state index in [2.05, 4.69) is 73.5 Å². The normalized spacial score (nSPS) is 12.9. The van der Waals surface area contributed by atoms with Crippen LogP contribution in [0.4, 0.5) is 5.82 Å². The number of methoxy groups -OCH3 is 1. The fourth-order valence-electron chi connectivity index (χ4n) is 5.24. The van der Waals surface area contributed by atoms with Gasteiger partial charge < -0.3 is 9.64 Å². The van der Waals surface area contributed by atoms with Gasteiger partial charge in [0.1, 0.15) is 11.6 Å². The maximum absolute atomic E-state index is 5.44. The molecule has 0 amide bonds. The van der Waals surface area contributed by atoms with Gasteiger partial charge in [-0.25, -0.2) is 4.98 Å². The smallest absolute Gasteiger partial charge is 0.165 e. The average molecular weight is 455 g/mol. The van der Waals surface area contributed by atoms with Crippen molar-refractivity contribution in [3.63, 3.8) is 0 Å². The van der Waals surface area contributed by atoms with Gasteiger partial charge in [-0.15, -0.1) is 0 Å². The quantitative estimate of drug-likeness (QED) is 0.332. The van der Waals surface area contributed by atoms with E-state index in [9.17, 15) is 0 Å². The third-order valence-corrected chi connectivity index (χ3v) is 6.93. The molecule has 0 unspecified atom stereocenters. The number of aryl methyl sites for hydroxylation is 4. The van der Waals surface area contributed by atoms with Gasteiger partial charge in [0.05, 0.1) is 12.8 Å². The first-order valence-electron chi connectivity index (χ1n) is 12.4. The van der Waals surface area contributed by atoms with Gasteiger partial charge in [0.25, 0.3) is 0 Å². The van der Waals surface area contributed by atoms with Crippen molar-refractivity contribution in [2.24, 2.45) is 0 Å². The number of hydrogen-bond acceptors (Lipinski definition) is 4. The van der Waals surface area contributed by atoms with Crippen LogP contribution >= 0.6 is 0 Å². The molecule has 0 aliphatic heterocycles. The summed E-state index contributed by atoms with van der Waals surface area (Å²) >= 11 is 0. The second-order valence-electron chi connectivity index (χ2n) is 9.50. The summed E-state index contributed by atoms with van der Waals surface area (Å²) in [4.78, 5) is 7.72. The maximum atomic E-state index is 5.44. The first-order valence-corrected chi connectivity index (χ1v) is 12.4. The molecule has 1 aliphatic rings. The lowest BCUT2D eigenvalue weighted by molar-refractivity contribution is 0.414. The van der Waals surface area contributed by atoms with Crippen LogP contribution in [0.15, 0.2) is 42.5 Å². The van der Waals surface area contributed by atoms with Crippen LogP contribution in [0.5, 0.6) is 5.75 Å². The molecule has 0 saturated carbocycles. The Bertz CT molecular complexity index is 1340. The van der Waals surface area contributed by atoms with Gasteiger partial charge in [-0.2, -0.15) is 9.61 Å². The molecule has 5 heteroatoms. The predicted molar refractivity (Wildman–Crippen MR) is 139 cm³/mol. The number of benzene rings is 2. The average Bonchev–Trinajstić information content (AvgIpc) is 3.42. The van der Waals surface area contributed by atoms with Gasteiger partial charge in [-0.1, -0.05) is 42.8 Å². The number of ether oxygens (including phenoxy) is 1. The topological polar surface area (TPSA) is 42.7 Å². The summed E-state index contributed by atoms with van der Waals surface area (Å²) in [5.74, 6) is 2.09. The summed E-state index contributed by atoms with van der Waals surface area (Å²) in [5.41, 5.74) is 10.7. The van der Waals surface area contributed by atoms with Crippen LogP contribution in [-0.4, -0.2) is 28.3 Å². The number of anilines is 1. The third-order valence-electron chi connectivity index (χ3n) is 6.93. The van der Waals surface area contributed by atoms with E-state index >= 15 is 0 Å². The number of aromatic nitrogens is 3. The number of rotatable bonds is 7. The van der Waals surface area contributed by atoms with E-state index in [0.29, 0.717) is 0 Å². The summed E-state index contributed by atoms with van der Waals surface area (Å²) in [7, 11) is 1.71. The fourth-order valence-corrected chi connectivity index (χ4v) is 5.24. The van der Waals surface area contributed by atoms with Crippen LogP contribution in [0, 0.1) is 20.8 Å². The molecule has 2 aromatic carbocycles. The monoisotopic (exact) mass is 454 g/mol. The molecule has 5 rings (SSSR count). The molecular formula is C29H34N4O. The minimum Gasteiger partial charge on any atom is -0.497 e. The Balaban J connectivity index is 1.70. The molecule has 2 heterocycles. The van der Waals surface area contributed by atoms with Crippen molar-refractivity contribution in [2.75, 3.05) is 18.6 Å². The van der Waals surface area contributed by atoms with Crippen molar-refractivity contribution in [2.45, 2.75) is 59.9 Å². The van der Waals surface area contributed by atoms with Crippen molar-refractivity contribution in [1.29, 1.82) is 0 Å². The zero-order valence-electron chi connectivity index (χ0n) is 21.0. The molecule has 0 spiro atoms. The van der Waals surface area contributed by atoms with Gasteiger partial charge in [0, 0.05) is 29.9 Å². The summed E-state index contributed by atoms with van der Waals surface area (Å²) < 4.78 is 7.57. The molecule has 4 aromatic rings. The fraction of sp³-hybridized carbons (Fsp3) is 0.379. The molecule has 0 fully saturated rings. The zero-order chi connectivity index (χ0) is 23.8. The van der Waals surface area contributed by atoms with E-state index in [1.165, 1.54) is 39.3 Å². The molecule has 0 atom stereocenters. The minimum absolute atomic E-state index is 0.871. The predicted octanol–water partition coefficient (Wildman–Crippen LogP) is 6.24. The van der Waals surface area contributed by atoms with E-state index in [1.807, 2.05) is 6.07 Å². The first-order chi connectivity index (χ1) is 16.5. The molecule has 0 radical (unpaired) electrons. The van der Waals surface area contributed by atoms with Crippen molar-refractivity contribution < 1.29 is 4.74 Å². The summed E-state index contributed by atoms with van der Waals surface area (Å²) in [5, 5.41) is 5.09. The Morgan fingerprint density at radius 1 is 1.03 bits per heavy atom. The Hall–Kier alpha value is -3.34. The molecule has 34 heavy (non-hydrogen) atoms. The van der Waals surface area contributed by atoms with Crippen molar-refractivity contribution in [1.82, 2.24) is 14.6 Å². The van der Waals surface area contributed by atoms with E-state index in [0.717, 1.165) is 61.4 Å². The molecular weight excluding hydrogens is 420 g/mol. The van der Waals surface area contributed by atoms with Crippen LogP contribution in [0.3, 0.4) is 0 Å². The number of hydrogen-bond donors (Lipinski definition) is 0. The Kier molecular flexibility index (Phi) is 6.03. The Morgan fingerprint density at radius 2 is 1.82 bits per heavy atom. The summed E-state index contributed by atoms with van der Waals surface area (Å²) in [6, 6.07) is 15.2. The zero-order valence-corrected chi connectivity index (χ0v) is 21.0. The van der Waals surface area contributed by atoms with Crippen LogP contribution in [0.25, 0.3) is 16.8 Å². The molecule has 0 N–H and O–H groups in total. The Labute approximate surface area is 202 Å². The molecule has 0 saturated heterocycles. The van der Waals surface area contributed by atoms with Gasteiger partial charge in [-0.3, -0.25) is 0 Å². The Morgan fingerprint density at radius 3 is 2.53 bits per heavy atom. The second kappa shape index (κ2) is 9.13. The SMILES string of the molecule is CCCN(Cc1ccc(C)cc1)c1c2c(nc3c(-c4ccc(OC)cc4C)c(C)nn13)CCC2. The lowest BCUT2D eigenvalue weighted by atomic mass is 10.0. The molecule has 0 bridgehead atoms. The van der Waals surface area contributed by atoms with Gasteiger partial charge in [0.15, 0.2) is 5.65 Å². The number of fused-ring (bicyclic) bond motifs is 2. The highest BCUT2D eigenvalue weighted by Crippen LogP contribution is 2.38. The minimum atomic E-state index is 0.871. The second-order valence-corrected chi connectivity index (χ2v) is 9.50. The standard InChI is InChI=1S/C29H34N4O/c1-6-16-32(18-22-12-10-19(2)11-13-22)29-25-8-7-9-26(25)30-28-27(21(4)31-33(28)29)24-15-14-23(34-5)17-20(24)3/h10-15,17H,6-9,16,18H2,1-5H3. The molecule has 1 aliphatic carbocycles. The maximum Gasteiger partial charge on any atom is 0.165 e. The van der Waals surface area contributed by atoms with Crippen LogP contribution in [-0.2, 0) is 19.4 Å². The molecule has 176 valence electrons. The van der Waals surface area contributed by atoms with Crippen molar-refractivity contribution in [3.8, 4) is 16.9 Å². The van der Waals surface area contributed by atoms with Crippen LogP contribution in [0.2, 0.25) is 0 Å². The van der Waals surface area contributed by atoms with Gasteiger partial charge >= 0.3 is 0 Å². The van der Waals surface area contributed by atoms with Gasteiger partial charge in [0.2, 0.25) is 0 Å². The van der Waals surface area contributed by atoms with E-state index in [4.69, 9.17) is 14.8 Å². The lowest BCUT2D eigenvalue weighted by Gasteiger charge is -2.27. The van der Waals surface area contributed by atoms with Crippen LogP contribution < -0.4 is 9.64 Å². The highest BCUT2D eigenvalue weighted by atomic mass is 16.5. The molecule has 5 nitrogen and oxygen atoms in total. The van der Waals surface area contributed by atoms with Crippen LogP contribution in [0.1, 0.15) is 53.4 Å². The highest BCUT2D eigenvalue weighted by Gasteiger charge is 2.27. The first kappa shape index (κ1) is 22.5. The largest absolute Gasteiger partial charge is 0.497 e. The number of nitrogens with zero attached hydrogens (tertiary/aromatic N) is 4. The molecule has 2 aromatic heterocycles. The van der Waals surface area contributed by atoms with E-state index in [1.54, 1.807) is 7.11 Å². The van der Waals surface area contributed by atoms with Crippen molar-refractivity contribution in [3.05, 3.63) is 76.1 Å². The van der Waals surface area contributed by atoms with Crippen molar-refractivity contribution >= 4 is 11.5 Å². The summed E-state index contributed by atoms with van der Waals surface area (Å²) in [6.45, 7) is 10.5. The lowest BCUT2D eigenvalue weighted by Crippen LogP contribution is -2.27. The summed E-state index contributed by atoms with van der Waals surface area (Å²) in [6.07, 6.45) is 4.34. The highest BCUT2D eigenvalue weighted by molar-refractivity contribution is 5.83. The third kappa shape index (κ3) is 3.93. The van der Waals surface area contributed by atoms with Gasteiger partial charge in [-0.05, 0) is 75.3 Å².